The molecule has 2 N–H and O–H groups in total. The number of benzene rings is 1. The van der Waals surface area contributed by atoms with E-state index in [-0.39, 0.29) is 29.2 Å². The maximum absolute atomic E-state index is 12.0. The first-order valence-electron chi connectivity index (χ1n) is 6.22. The van der Waals surface area contributed by atoms with Crippen molar-refractivity contribution in [3.05, 3.63) is 29.8 Å². The third kappa shape index (κ3) is 3.66. The Morgan fingerprint density at radius 2 is 2.05 bits per heavy atom. The summed E-state index contributed by atoms with van der Waals surface area (Å²) in [7, 11) is -3.41. The fourth-order valence-corrected chi connectivity index (χ4v) is 2.61. The number of rotatable bonds is 3. The normalized spacial score (nSPS) is 19.0. The summed E-state index contributed by atoms with van der Waals surface area (Å²) in [6, 6.07) is 4.75. The Hall–Kier alpha value is -2.22. The second-order valence-corrected chi connectivity index (χ2v) is 6.79. The molecule has 1 aliphatic rings. The highest BCUT2D eigenvalue weighted by molar-refractivity contribution is 7.90. The van der Waals surface area contributed by atoms with E-state index in [0.717, 1.165) is 6.26 Å². The van der Waals surface area contributed by atoms with Crippen molar-refractivity contribution in [2.24, 2.45) is 0 Å². The topological polar surface area (TPSA) is 109 Å². The quantitative estimate of drug-likeness (QED) is 0.740. The molecule has 0 bridgehead atoms. The van der Waals surface area contributed by atoms with Gasteiger partial charge >= 0.3 is 0 Å². The number of carbonyl (C=O) groups excluding carboxylic acids is 3. The van der Waals surface area contributed by atoms with Gasteiger partial charge in [0.2, 0.25) is 11.8 Å². The zero-order chi connectivity index (χ0) is 15.6. The fraction of sp³-hybridized carbons (Fsp3) is 0.308. The van der Waals surface area contributed by atoms with Crippen molar-refractivity contribution in [2.75, 3.05) is 6.26 Å². The van der Waals surface area contributed by atoms with Gasteiger partial charge in [0.25, 0.3) is 5.91 Å². The van der Waals surface area contributed by atoms with Crippen molar-refractivity contribution in [3.63, 3.8) is 0 Å². The average Bonchev–Trinajstić information content (AvgIpc) is 2.41. The van der Waals surface area contributed by atoms with E-state index >= 15 is 0 Å². The first-order valence-corrected chi connectivity index (χ1v) is 8.11. The molecule has 7 nitrogen and oxygen atoms in total. The Morgan fingerprint density at radius 1 is 1.33 bits per heavy atom. The number of piperidine rings is 1. The van der Waals surface area contributed by atoms with Gasteiger partial charge in [0.05, 0.1) is 4.90 Å². The van der Waals surface area contributed by atoms with E-state index in [1.807, 2.05) is 0 Å². The lowest BCUT2D eigenvalue weighted by atomic mass is 10.1. The first-order chi connectivity index (χ1) is 9.77. The van der Waals surface area contributed by atoms with Crippen molar-refractivity contribution >= 4 is 27.6 Å². The summed E-state index contributed by atoms with van der Waals surface area (Å²) in [6.45, 7) is 0. The van der Waals surface area contributed by atoms with E-state index < -0.39 is 27.7 Å². The predicted octanol–water partition coefficient (Wildman–Crippen LogP) is -0.375. The lowest BCUT2D eigenvalue weighted by molar-refractivity contribution is -0.134. The summed E-state index contributed by atoms with van der Waals surface area (Å²) in [6.07, 6.45) is 1.42. The van der Waals surface area contributed by atoms with E-state index in [1.54, 1.807) is 0 Å². The summed E-state index contributed by atoms with van der Waals surface area (Å²) in [5.74, 6) is -1.49. The van der Waals surface area contributed by atoms with Gasteiger partial charge in [0.1, 0.15) is 6.04 Å². The minimum Gasteiger partial charge on any atom is -0.340 e. The first kappa shape index (κ1) is 15.2. The summed E-state index contributed by atoms with van der Waals surface area (Å²) in [4.78, 5) is 34.6. The zero-order valence-electron chi connectivity index (χ0n) is 11.3. The Kier molecular flexibility index (Phi) is 4.08. The van der Waals surface area contributed by atoms with Crippen LogP contribution in [0.4, 0.5) is 0 Å². The summed E-state index contributed by atoms with van der Waals surface area (Å²) in [5.41, 5.74) is 0.141. The second kappa shape index (κ2) is 5.65. The minimum absolute atomic E-state index is 0.0263. The molecule has 1 aliphatic heterocycles. The molecule has 1 fully saturated rings. The highest BCUT2D eigenvalue weighted by atomic mass is 32.2. The molecule has 8 heteroatoms. The largest absolute Gasteiger partial charge is 0.340 e. The SMILES string of the molecule is CS(=O)(=O)c1cccc(C(=O)NC2CCC(=O)NC2=O)c1. The molecule has 1 atom stereocenters. The molecule has 3 amide bonds. The Bertz CT molecular complexity index is 711. The summed E-state index contributed by atoms with van der Waals surface area (Å²) in [5, 5.41) is 4.62. The molecule has 0 spiro atoms. The monoisotopic (exact) mass is 310 g/mol. The lowest BCUT2D eigenvalue weighted by Crippen LogP contribution is -2.52. The van der Waals surface area contributed by atoms with Crippen molar-refractivity contribution in [2.45, 2.75) is 23.8 Å². The van der Waals surface area contributed by atoms with Crippen LogP contribution in [0.2, 0.25) is 0 Å². The third-order valence-electron chi connectivity index (χ3n) is 3.07. The molecule has 0 radical (unpaired) electrons. The van der Waals surface area contributed by atoms with Crippen LogP contribution in [0.3, 0.4) is 0 Å². The molecule has 2 rings (SSSR count). The Labute approximate surface area is 121 Å². The maximum Gasteiger partial charge on any atom is 0.251 e. The van der Waals surface area contributed by atoms with Gasteiger partial charge in [0.15, 0.2) is 9.84 Å². The van der Waals surface area contributed by atoms with Gasteiger partial charge in [-0.1, -0.05) is 6.07 Å². The Morgan fingerprint density at radius 3 is 2.67 bits per heavy atom. The van der Waals surface area contributed by atoms with Gasteiger partial charge in [-0.05, 0) is 24.6 Å². The molecular weight excluding hydrogens is 296 g/mol. The third-order valence-corrected chi connectivity index (χ3v) is 4.18. The molecule has 1 aromatic rings. The van der Waals surface area contributed by atoms with E-state index in [2.05, 4.69) is 10.6 Å². The highest BCUT2D eigenvalue weighted by Gasteiger charge is 2.28. The molecule has 0 saturated carbocycles. The molecule has 1 saturated heterocycles. The number of carbonyl (C=O) groups is 3. The van der Waals surface area contributed by atoms with Crippen LogP contribution in [-0.2, 0) is 19.4 Å². The van der Waals surface area contributed by atoms with E-state index in [0.29, 0.717) is 0 Å². The summed E-state index contributed by atoms with van der Waals surface area (Å²) < 4.78 is 22.9. The van der Waals surface area contributed by atoms with Crippen molar-refractivity contribution in [1.29, 1.82) is 0 Å². The van der Waals surface area contributed by atoms with Crippen LogP contribution in [0.25, 0.3) is 0 Å². The van der Waals surface area contributed by atoms with Gasteiger partial charge in [0, 0.05) is 18.2 Å². The number of sulfone groups is 1. The van der Waals surface area contributed by atoms with E-state index in [4.69, 9.17) is 0 Å². The van der Waals surface area contributed by atoms with Crippen molar-refractivity contribution in [1.82, 2.24) is 10.6 Å². The van der Waals surface area contributed by atoms with E-state index in [1.165, 1.54) is 24.3 Å². The molecule has 1 unspecified atom stereocenters. The molecule has 0 aliphatic carbocycles. The molecule has 21 heavy (non-hydrogen) atoms. The lowest BCUT2D eigenvalue weighted by Gasteiger charge is -2.21. The maximum atomic E-state index is 12.0. The number of amides is 3. The van der Waals surface area contributed by atoms with Gasteiger partial charge in [-0.25, -0.2) is 8.42 Å². The number of nitrogens with one attached hydrogen (secondary N) is 2. The number of hydrogen-bond acceptors (Lipinski definition) is 5. The number of imide groups is 1. The molecule has 0 aromatic heterocycles. The average molecular weight is 310 g/mol. The predicted molar refractivity (Wildman–Crippen MR) is 73.2 cm³/mol. The summed E-state index contributed by atoms with van der Waals surface area (Å²) >= 11 is 0. The minimum atomic E-state index is -3.41. The van der Waals surface area contributed by atoms with Crippen LogP contribution >= 0.6 is 0 Å². The van der Waals surface area contributed by atoms with Gasteiger partial charge < -0.3 is 5.32 Å². The van der Waals surface area contributed by atoms with Crippen LogP contribution in [0.5, 0.6) is 0 Å². The Balaban J connectivity index is 2.14. The van der Waals surface area contributed by atoms with Crippen LogP contribution in [0.15, 0.2) is 29.2 Å². The molecule has 1 heterocycles. The molecular formula is C13H14N2O5S. The van der Waals surface area contributed by atoms with Crippen LogP contribution < -0.4 is 10.6 Å². The number of hydrogen-bond donors (Lipinski definition) is 2. The molecule has 1 aromatic carbocycles. The second-order valence-electron chi connectivity index (χ2n) is 4.78. The van der Waals surface area contributed by atoms with Gasteiger partial charge in [-0.15, -0.1) is 0 Å². The van der Waals surface area contributed by atoms with Crippen molar-refractivity contribution < 1.29 is 22.8 Å². The molecule has 112 valence electrons. The van der Waals surface area contributed by atoms with Gasteiger partial charge in [-0.2, -0.15) is 0 Å². The standard InChI is InChI=1S/C13H14N2O5S/c1-21(19,20)9-4-2-3-8(7-9)12(17)14-10-5-6-11(16)15-13(10)18/h2-4,7,10H,5-6H2,1H3,(H,14,17)(H,15,16,18). The van der Waals surface area contributed by atoms with E-state index in [9.17, 15) is 22.8 Å². The fourth-order valence-electron chi connectivity index (χ4n) is 1.94. The highest BCUT2D eigenvalue weighted by Crippen LogP contribution is 2.12. The zero-order valence-corrected chi connectivity index (χ0v) is 12.1. The van der Waals surface area contributed by atoms with Crippen molar-refractivity contribution in [3.8, 4) is 0 Å². The van der Waals surface area contributed by atoms with Crippen LogP contribution in [0, 0.1) is 0 Å². The van der Waals surface area contributed by atoms with Crippen LogP contribution in [-0.4, -0.2) is 38.4 Å². The van der Waals surface area contributed by atoms with Gasteiger partial charge in [-0.3, -0.25) is 19.7 Å². The smallest absolute Gasteiger partial charge is 0.251 e. The van der Waals surface area contributed by atoms with Crippen LogP contribution in [0.1, 0.15) is 23.2 Å².